The van der Waals surface area contributed by atoms with Crippen molar-refractivity contribution in [3.05, 3.63) is 152 Å². The van der Waals surface area contributed by atoms with Crippen molar-refractivity contribution >= 4 is 33.4 Å². The van der Waals surface area contributed by atoms with Crippen LogP contribution in [0.5, 0.6) is 0 Å². The molecule has 0 fully saturated rings. The predicted molar refractivity (Wildman–Crippen MR) is 186 cm³/mol. The van der Waals surface area contributed by atoms with Gasteiger partial charge in [-0.1, -0.05) is 133 Å². The SMILES string of the molecule is c1ccc(-c2ccc(-c3nc(-c4cccc(-c5ccc6cccc7c6c5-c5cccnc5S7)c4)nc4ccccc34)cc2)cc1. The molecule has 0 unspecified atom stereocenters. The number of hydrogen-bond acceptors (Lipinski definition) is 4. The Balaban J connectivity index is 1.19. The van der Waals surface area contributed by atoms with Crippen LogP contribution in [0.3, 0.4) is 0 Å². The van der Waals surface area contributed by atoms with Crippen molar-refractivity contribution in [2.24, 2.45) is 0 Å². The van der Waals surface area contributed by atoms with Gasteiger partial charge in [0.1, 0.15) is 5.03 Å². The topological polar surface area (TPSA) is 38.7 Å². The number of nitrogens with zero attached hydrogens (tertiary/aromatic N) is 3. The summed E-state index contributed by atoms with van der Waals surface area (Å²) in [6.07, 6.45) is 1.88. The molecule has 0 atom stereocenters. The molecule has 3 heterocycles. The van der Waals surface area contributed by atoms with Gasteiger partial charge in [-0.3, -0.25) is 0 Å². The fourth-order valence-electron chi connectivity index (χ4n) is 6.42. The van der Waals surface area contributed by atoms with E-state index in [0.717, 1.165) is 38.3 Å². The van der Waals surface area contributed by atoms with Crippen LogP contribution in [0.4, 0.5) is 0 Å². The summed E-state index contributed by atoms with van der Waals surface area (Å²) in [6.45, 7) is 0. The molecular weight excluding hydrogens is 567 g/mol. The van der Waals surface area contributed by atoms with Crippen LogP contribution >= 0.6 is 11.8 Å². The lowest BCUT2D eigenvalue weighted by molar-refractivity contribution is 1.13. The molecule has 210 valence electrons. The number of para-hydroxylation sites is 1. The highest BCUT2D eigenvalue weighted by Gasteiger charge is 2.23. The Bertz CT molecular complexity index is 2400. The summed E-state index contributed by atoms with van der Waals surface area (Å²) in [7, 11) is 0. The van der Waals surface area contributed by atoms with Crippen LogP contribution in [0.1, 0.15) is 0 Å². The maximum atomic E-state index is 5.21. The van der Waals surface area contributed by atoms with E-state index in [0.29, 0.717) is 5.82 Å². The van der Waals surface area contributed by atoms with Crippen LogP contribution in [-0.2, 0) is 0 Å². The Labute approximate surface area is 265 Å². The Kier molecular flexibility index (Phi) is 6.06. The van der Waals surface area contributed by atoms with Crippen LogP contribution in [-0.4, -0.2) is 15.0 Å². The second-order valence-corrected chi connectivity index (χ2v) is 12.3. The van der Waals surface area contributed by atoms with Crippen LogP contribution in [0.15, 0.2) is 162 Å². The molecular formula is C41H25N3S. The normalized spacial score (nSPS) is 11.9. The quantitative estimate of drug-likeness (QED) is 0.204. The highest BCUT2D eigenvalue weighted by atomic mass is 32.2. The van der Waals surface area contributed by atoms with E-state index in [9.17, 15) is 0 Å². The first-order chi connectivity index (χ1) is 22.3. The summed E-state index contributed by atoms with van der Waals surface area (Å²) in [6, 6.07) is 51.3. The van der Waals surface area contributed by atoms with Gasteiger partial charge in [0.05, 0.1) is 11.2 Å². The highest BCUT2D eigenvalue weighted by molar-refractivity contribution is 7.99. The molecule has 1 aliphatic heterocycles. The molecule has 0 saturated carbocycles. The number of rotatable bonds is 4. The van der Waals surface area contributed by atoms with Crippen molar-refractivity contribution < 1.29 is 0 Å². The van der Waals surface area contributed by atoms with Crippen LogP contribution < -0.4 is 0 Å². The van der Waals surface area contributed by atoms with Crippen molar-refractivity contribution in [2.45, 2.75) is 9.92 Å². The van der Waals surface area contributed by atoms with Crippen molar-refractivity contribution in [3.63, 3.8) is 0 Å². The Morgan fingerprint density at radius 1 is 0.489 bits per heavy atom. The van der Waals surface area contributed by atoms with Gasteiger partial charge in [-0.25, -0.2) is 15.0 Å². The number of hydrogen-bond donors (Lipinski definition) is 0. The van der Waals surface area contributed by atoms with E-state index >= 15 is 0 Å². The van der Waals surface area contributed by atoms with Gasteiger partial charge in [0.2, 0.25) is 0 Å². The van der Waals surface area contributed by atoms with Gasteiger partial charge in [0, 0.05) is 44.1 Å². The highest BCUT2D eigenvalue weighted by Crippen LogP contribution is 2.50. The zero-order valence-corrected chi connectivity index (χ0v) is 25.0. The monoisotopic (exact) mass is 591 g/mol. The van der Waals surface area contributed by atoms with E-state index in [1.807, 2.05) is 24.4 Å². The first-order valence-electron chi connectivity index (χ1n) is 15.0. The second kappa shape index (κ2) is 10.5. The largest absolute Gasteiger partial charge is 0.249 e. The van der Waals surface area contributed by atoms with Gasteiger partial charge in [0.25, 0.3) is 0 Å². The van der Waals surface area contributed by atoms with Gasteiger partial charge in [0.15, 0.2) is 5.82 Å². The third-order valence-electron chi connectivity index (χ3n) is 8.55. The third-order valence-corrected chi connectivity index (χ3v) is 9.63. The molecule has 8 aromatic rings. The molecule has 0 spiro atoms. The molecule has 0 saturated heterocycles. The van der Waals surface area contributed by atoms with Gasteiger partial charge in [-0.15, -0.1) is 0 Å². The van der Waals surface area contributed by atoms with E-state index in [4.69, 9.17) is 15.0 Å². The minimum absolute atomic E-state index is 0.713. The summed E-state index contributed by atoms with van der Waals surface area (Å²) in [5.41, 5.74) is 11.0. The average Bonchev–Trinajstić information content (AvgIpc) is 3.12. The Hall–Kier alpha value is -5.58. The van der Waals surface area contributed by atoms with Crippen LogP contribution in [0.2, 0.25) is 0 Å². The fourth-order valence-corrected chi connectivity index (χ4v) is 7.49. The van der Waals surface area contributed by atoms with E-state index < -0.39 is 0 Å². The molecule has 0 bridgehead atoms. The van der Waals surface area contributed by atoms with Crippen LogP contribution in [0.25, 0.3) is 77.7 Å². The number of fused-ring (bicyclic) bond motifs is 3. The molecule has 0 aliphatic carbocycles. The maximum Gasteiger partial charge on any atom is 0.160 e. The number of benzene rings is 6. The lowest BCUT2D eigenvalue weighted by Crippen LogP contribution is -1.98. The zero-order valence-electron chi connectivity index (χ0n) is 24.2. The third kappa shape index (κ3) is 4.42. The van der Waals surface area contributed by atoms with Crippen molar-refractivity contribution in [2.75, 3.05) is 0 Å². The summed E-state index contributed by atoms with van der Waals surface area (Å²) in [5.74, 6) is 0.713. The first-order valence-corrected chi connectivity index (χ1v) is 15.8. The van der Waals surface area contributed by atoms with E-state index in [2.05, 4.69) is 127 Å². The van der Waals surface area contributed by atoms with Crippen molar-refractivity contribution in [1.82, 2.24) is 15.0 Å². The fraction of sp³-hybridized carbons (Fsp3) is 0. The van der Waals surface area contributed by atoms with Gasteiger partial charge >= 0.3 is 0 Å². The van der Waals surface area contributed by atoms with Gasteiger partial charge < -0.3 is 0 Å². The molecule has 45 heavy (non-hydrogen) atoms. The van der Waals surface area contributed by atoms with Crippen molar-refractivity contribution in [1.29, 1.82) is 0 Å². The zero-order chi connectivity index (χ0) is 29.7. The minimum atomic E-state index is 0.713. The van der Waals surface area contributed by atoms with Crippen molar-refractivity contribution in [3.8, 4) is 56.0 Å². The molecule has 0 radical (unpaired) electrons. The Morgan fingerprint density at radius 3 is 2.16 bits per heavy atom. The second-order valence-electron chi connectivity index (χ2n) is 11.2. The molecule has 0 N–H and O–H groups in total. The standard InChI is InChI=1S/C41H25N3S/c1-2-9-26(10-3-1)27-18-20-29(21-19-27)39-33-14-4-5-16-35(33)43-40(44-39)31-13-6-12-30(25-31)32-23-22-28-11-7-17-36-37(28)38(32)34-15-8-24-42-41(34)45-36/h1-25H. The minimum Gasteiger partial charge on any atom is -0.249 e. The van der Waals surface area contributed by atoms with Gasteiger partial charge in [-0.2, -0.15) is 0 Å². The van der Waals surface area contributed by atoms with E-state index in [-0.39, 0.29) is 0 Å². The molecule has 6 aromatic carbocycles. The molecule has 9 rings (SSSR count). The molecule has 1 aliphatic rings. The summed E-state index contributed by atoms with van der Waals surface area (Å²) < 4.78 is 0. The lowest BCUT2D eigenvalue weighted by Gasteiger charge is -2.22. The molecule has 2 aromatic heterocycles. The molecule has 0 amide bonds. The average molecular weight is 592 g/mol. The first kappa shape index (κ1) is 25.9. The summed E-state index contributed by atoms with van der Waals surface area (Å²) >= 11 is 1.75. The lowest BCUT2D eigenvalue weighted by atomic mass is 9.89. The summed E-state index contributed by atoms with van der Waals surface area (Å²) in [5, 5.41) is 4.61. The Morgan fingerprint density at radius 2 is 1.24 bits per heavy atom. The number of aromatic nitrogens is 3. The van der Waals surface area contributed by atoms with Crippen LogP contribution in [0, 0.1) is 0 Å². The van der Waals surface area contributed by atoms with E-state index in [1.54, 1.807) is 11.8 Å². The molecule has 4 heteroatoms. The maximum absolute atomic E-state index is 5.21. The number of pyridine rings is 1. The van der Waals surface area contributed by atoms with E-state index in [1.165, 1.54) is 43.5 Å². The smallest absolute Gasteiger partial charge is 0.160 e. The predicted octanol–water partition coefficient (Wildman–Crippen LogP) is 11.0. The molecule has 3 nitrogen and oxygen atoms in total. The summed E-state index contributed by atoms with van der Waals surface area (Å²) in [4.78, 5) is 16.2. The van der Waals surface area contributed by atoms with Gasteiger partial charge in [-0.05, 0) is 51.9 Å².